The average Bonchev–Trinajstić information content (AvgIpc) is 2.79. The molecule has 2 saturated carbocycles. The zero-order valence-corrected chi connectivity index (χ0v) is 19.8. The Balaban J connectivity index is 1.20. The highest BCUT2D eigenvalue weighted by Gasteiger charge is 2.35. The molecule has 0 bridgehead atoms. The minimum absolute atomic E-state index is 0.137. The van der Waals surface area contributed by atoms with Gasteiger partial charge in [-0.3, -0.25) is 20.7 Å². The predicted octanol–water partition coefficient (Wildman–Crippen LogP) is 2.07. The molecule has 0 aromatic rings. The highest BCUT2D eigenvalue weighted by atomic mass is 16.5. The molecule has 4 aliphatic rings. The number of nitrogens with one attached hydrogen (secondary N) is 3. The molecule has 7 nitrogen and oxygen atoms in total. The van der Waals surface area contributed by atoms with E-state index in [-0.39, 0.29) is 24.4 Å². The van der Waals surface area contributed by atoms with Gasteiger partial charge in [0.05, 0.1) is 18.3 Å². The van der Waals surface area contributed by atoms with Gasteiger partial charge in [-0.2, -0.15) is 0 Å². The number of methoxy groups -OCH3 is 1. The lowest BCUT2D eigenvalue weighted by molar-refractivity contribution is -0.148. The van der Waals surface area contributed by atoms with Crippen molar-refractivity contribution in [1.82, 2.24) is 20.9 Å². The summed E-state index contributed by atoms with van der Waals surface area (Å²) in [7, 11) is 1.84. The van der Waals surface area contributed by atoms with E-state index in [0.717, 1.165) is 57.8 Å². The third-order valence-corrected chi connectivity index (χ3v) is 8.04. The Labute approximate surface area is 188 Å². The molecule has 4 rings (SSSR count). The lowest BCUT2D eigenvalue weighted by Crippen LogP contribution is -2.63. The van der Waals surface area contributed by atoms with E-state index in [1.165, 1.54) is 25.7 Å². The van der Waals surface area contributed by atoms with E-state index in [1.54, 1.807) is 0 Å². The minimum Gasteiger partial charge on any atom is -0.381 e. The monoisotopic (exact) mass is 436 g/mol. The molecule has 0 spiro atoms. The van der Waals surface area contributed by atoms with Crippen molar-refractivity contribution >= 4 is 5.91 Å². The second-order valence-electron chi connectivity index (χ2n) is 10.5. The van der Waals surface area contributed by atoms with Crippen LogP contribution in [0.3, 0.4) is 0 Å². The van der Waals surface area contributed by atoms with Crippen LogP contribution in [0.5, 0.6) is 0 Å². The number of amides is 1. The fourth-order valence-corrected chi connectivity index (χ4v) is 6.35. The van der Waals surface area contributed by atoms with Crippen molar-refractivity contribution < 1.29 is 14.3 Å². The van der Waals surface area contributed by atoms with Crippen molar-refractivity contribution in [3.8, 4) is 0 Å². The molecule has 0 aromatic carbocycles. The molecule has 4 atom stereocenters. The summed E-state index contributed by atoms with van der Waals surface area (Å²) in [6.07, 6.45) is 10.1. The number of nitrogens with zero attached hydrogens (tertiary/aromatic N) is 1. The molecule has 1 amide bonds. The van der Waals surface area contributed by atoms with Crippen LogP contribution in [0.25, 0.3) is 0 Å². The van der Waals surface area contributed by atoms with E-state index in [9.17, 15) is 4.79 Å². The van der Waals surface area contributed by atoms with Crippen molar-refractivity contribution in [1.29, 1.82) is 0 Å². The van der Waals surface area contributed by atoms with Crippen LogP contribution in [0.1, 0.15) is 65.2 Å². The Kier molecular flexibility index (Phi) is 8.26. The van der Waals surface area contributed by atoms with Gasteiger partial charge >= 0.3 is 0 Å². The van der Waals surface area contributed by atoms with Crippen molar-refractivity contribution in [3.05, 3.63) is 0 Å². The Morgan fingerprint density at radius 2 is 1.65 bits per heavy atom. The van der Waals surface area contributed by atoms with Crippen LogP contribution in [0, 0.1) is 17.8 Å². The number of ether oxygens (including phenoxy) is 2. The van der Waals surface area contributed by atoms with Crippen molar-refractivity contribution in [2.45, 2.75) is 95.9 Å². The summed E-state index contributed by atoms with van der Waals surface area (Å²) in [5, 5.41) is 11.2. The van der Waals surface area contributed by atoms with Crippen LogP contribution in [0.4, 0.5) is 0 Å². The lowest BCUT2D eigenvalue weighted by Gasteiger charge is -2.41. The minimum atomic E-state index is 0.137. The van der Waals surface area contributed by atoms with Crippen LogP contribution in [0.2, 0.25) is 0 Å². The van der Waals surface area contributed by atoms with Crippen molar-refractivity contribution in [2.75, 3.05) is 33.3 Å². The summed E-state index contributed by atoms with van der Waals surface area (Å²) in [5.74, 6) is 2.00. The van der Waals surface area contributed by atoms with Gasteiger partial charge in [0.1, 0.15) is 6.29 Å². The summed E-state index contributed by atoms with van der Waals surface area (Å²) in [4.78, 5) is 15.2. The van der Waals surface area contributed by atoms with Gasteiger partial charge in [-0.05, 0) is 70.6 Å². The lowest BCUT2D eigenvalue weighted by atomic mass is 9.78. The fourth-order valence-electron chi connectivity index (χ4n) is 6.35. The Morgan fingerprint density at radius 1 is 0.968 bits per heavy atom. The summed E-state index contributed by atoms with van der Waals surface area (Å²) in [6, 6.07) is 0.400. The highest BCUT2D eigenvalue weighted by Crippen LogP contribution is 2.32. The molecule has 2 aliphatic carbocycles. The Morgan fingerprint density at radius 3 is 2.29 bits per heavy atom. The molecule has 2 heterocycles. The molecule has 4 unspecified atom stereocenters. The fraction of sp³-hybridized carbons (Fsp3) is 0.958. The number of morpholine rings is 1. The van der Waals surface area contributed by atoms with Gasteiger partial charge in [0, 0.05) is 45.2 Å². The topological polar surface area (TPSA) is 74.9 Å². The molecule has 3 N–H and O–H groups in total. The average molecular weight is 437 g/mol. The van der Waals surface area contributed by atoms with Gasteiger partial charge in [-0.15, -0.1) is 0 Å². The molecular weight excluding hydrogens is 392 g/mol. The van der Waals surface area contributed by atoms with Crippen molar-refractivity contribution in [2.24, 2.45) is 17.8 Å². The number of carbonyl (C=O) groups is 1. The molecule has 2 aliphatic heterocycles. The number of carbonyl (C=O) groups excluding carboxylic acids is 1. The molecule has 2 saturated heterocycles. The van der Waals surface area contributed by atoms with E-state index >= 15 is 0 Å². The van der Waals surface area contributed by atoms with E-state index in [4.69, 9.17) is 9.47 Å². The molecule has 178 valence electrons. The maximum atomic E-state index is 13.1. The Hall–Kier alpha value is -0.730. The number of rotatable bonds is 5. The first-order chi connectivity index (χ1) is 15.0. The SMILES string of the molecule is COC1CCC(C2CNC(NC3CCCC(C(=O)N4CC(C)OC(C)C4)C3)NC2)CC1. The van der Waals surface area contributed by atoms with Gasteiger partial charge < -0.3 is 14.4 Å². The molecule has 0 radical (unpaired) electrons. The first-order valence-electron chi connectivity index (χ1n) is 12.7. The summed E-state index contributed by atoms with van der Waals surface area (Å²) < 4.78 is 11.3. The maximum absolute atomic E-state index is 13.1. The quantitative estimate of drug-likeness (QED) is 0.613. The van der Waals surface area contributed by atoms with E-state index in [1.807, 2.05) is 12.0 Å². The molecule has 31 heavy (non-hydrogen) atoms. The molecule has 7 heteroatoms. The molecular formula is C24H44N4O3. The largest absolute Gasteiger partial charge is 0.381 e. The second-order valence-corrected chi connectivity index (χ2v) is 10.5. The van der Waals surface area contributed by atoms with Crippen LogP contribution in [-0.2, 0) is 14.3 Å². The van der Waals surface area contributed by atoms with Crippen LogP contribution < -0.4 is 16.0 Å². The third kappa shape index (κ3) is 6.20. The van der Waals surface area contributed by atoms with Gasteiger partial charge in [0.25, 0.3) is 0 Å². The zero-order chi connectivity index (χ0) is 21.8. The van der Waals surface area contributed by atoms with E-state index < -0.39 is 0 Å². The second kappa shape index (κ2) is 10.9. The highest BCUT2D eigenvalue weighted by molar-refractivity contribution is 5.79. The molecule has 4 fully saturated rings. The summed E-state index contributed by atoms with van der Waals surface area (Å²) in [5.41, 5.74) is 0. The first kappa shape index (κ1) is 23.4. The number of hydrogen-bond acceptors (Lipinski definition) is 6. The standard InChI is InChI=1S/C24H44N4O3/c1-16-14-28(15-17(2)31-16)23(29)19-5-4-6-21(11-19)27-24-25-12-20(13-26-24)18-7-9-22(30-3)10-8-18/h16-22,24-27H,4-15H2,1-3H3. The molecule has 0 aromatic heterocycles. The zero-order valence-electron chi connectivity index (χ0n) is 19.8. The predicted molar refractivity (Wildman–Crippen MR) is 122 cm³/mol. The van der Waals surface area contributed by atoms with Gasteiger partial charge in [-0.1, -0.05) is 6.42 Å². The van der Waals surface area contributed by atoms with Crippen LogP contribution in [0.15, 0.2) is 0 Å². The first-order valence-corrected chi connectivity index (χ1v) is 12.7. The third-order valence-electron chi connectivity index (χ3n) is 8.04. The summed E-state index contributed by atoms with van der Waals surface area (Å²) >= 11 is 0. The van der Waals surface area contributed by atoms with E-state index in [0.29, 0.717) is 24.0 Å². The normalized spacial score (nSPS) is 42.4. The van der Waals surface area contributed by atoms with Crippen LogP contribution >= 0.6 is 0 Å². The number of hydrogen-bond donors (Lipinski definition) is 3. The maximum Gasteiger partial charge on any atom is 0.225 e. The smallest absolute Gasteiger partial charge is 0.225 e. The van der Waals surface area contributed by atoms with Gasteiger partial charge in [-0.25, -0.2) is 0 Å². The van der Waals surface area contributed by atoms with Crippen molar-refractivity contribution in [3.63, 3.8) is 0 Å². The van der Waals surface area contributed by atoms with Gasteiger partial charge in [0.2, 0.25) is 5.91 Å². The summed E-state index contributed by atoms with van der Waals surface area (Å²) in [6.45, 7) is 7.75. The van der Waals surface area contributed by atoms with Gasteiger partial charge in [0.15, 0.2) is 0 Å². The van der Waals surface area contributed by atoms with Crippen LogP contribution in [-0.4, -0.2) is 74.7 Å². The van der Waals surface area contributed by atoms with E-state index in [2.05, 4.69) is 29.8 Å². The Bertz CT molecular complexity index is 565.